The Labute approximate surface area is 125 Å². The van der Waals surface area contributed by atoms with E-state index in [-0.39, 0.29) is 0 Å². The third-order valence-corrected chi connectivity index (χ3v) is 4.06. The molecule has 0 amide bonds. The van der Waals surface area contributed by atoms with E-state index in [1.165, 1.54) is 11.3 Å². The van der Waals surface area contributed by atoms with Crippen LogP contribution in [0.2, 0.25) is 0 Å². The number of halogens is 1. The van der Waals surface area contributed by atoms with Gasteiger partial charge in [-0.1, -0.05) is 22.0 Å². The minimum atomic E-state index is 0.343. The second kappa shape index (κ2) is 7.88. The van der Waals surface area contributed by atoms with Crippen molar-refractivity contribution in [2.45, 2.75) is 32.9 Å². The van der Waals surface area contributed by atoms with Crippen LogP contribution in [0.4, 0.5) is 5.69 Å². The highest BCUT2D eigenvalue weighted by molar-refractivity contribution is 9.10. The van der Waals surface area contributed by atoms with Crippen molar-refractivity contribution in [1.82, 2.24) is 5.32 Å². The summed E-state index contributed by atoms with van der Waals surface area (Å²) >= 11 is 3.68. The lowest BCUT2D eigenvalue weighted by atomic mass is 10.1. The zero-order valence-electron chi connectivity index (χ0n) is 12.5. The molecule has 1 N–H and O–H groups in total. The summed E-state index contributed by atoms with van der Waals surface area (Å²) in [5.41, 5.74) is 2.51. The SMILES string of the molecule is CNC(C)c1ccc(N(CCOC)C(C)C)cc1Br. The Bertz CT molecular complexity index is 396. The topological polar surface area (TPSA) is 24.5 Å². The van der Waals surface area contributed by atoms with E-state index in [4.69, 9.17) is 4.74 Å². The molecule has 0 radical (unpaired) electrons. The fourth-order valence-electron chi connectivity index (χ4n) is 2.08. The second-order valence-corrected chi connectivity index (χ2v) is 5.85. The van der Waals surface area contributed by atoms with Crippen molar-refractivity contribution in [1.29, 1.82) is 0 Å². The Hall–Kier alpha value is -0.580. The molecule has 19 heavy (non-hydrogen) atoms. The number of benzene rings is 1. The predicted molar refractivity (Wildman–Crippen MR) is 86.0 cm³/mol. The van der Waals surface area contributed by atoms with Gasteiger partial charge in [0, 0.05) is 35.9 Å². The summed E-state index contributed by atoms with van der Waals surface area (Å²) < 4.78 is 6.34. The molecule has 0 aliphatic rings. The lowest BCUT2D eigenvalue weighted by Crippen LogP contribution is -2.33. The van der Waals surface area contributed by atoms with Crippen LogP contribution in [0.3, 0.4) is 0 Å². The summed E-state index contributed by atoms with van der Waals surface area (Å²) in [4.78, 5) is 2.35. The minimum Gasteiger partial charge on any atom is -0.383 e. The van der Waals surface area contributed by atoms with Crippen LogP contribution in [0.5, 0.6) is 0 Å². The number of anilines is 1. The highest BCUT2D eigenvalue weighted by Gasteiger charge is 2.13. The molecule has 0 heterocycles. The van der Waals surface area contributed by atoms with E-state index in [1.54, 1.807) is 7.11 Å². The smallest absolute Gasteiger partial charge is 0.0637 e. The Morgan fingerprint density at radius 2 is 2.00 bits per heavy atom. The zero-order chi connectivity index (χ0) is 14.4. The van der Waals surface area contributed by atoms with Gasteiger partial charge in [-0.3, -0.25) is 0 Å². The molecule has 0 saturated heterocycles. The summed E-state index contributed by atoms with van der Waals surface area (Å²) in [5, 5.41) is 3.26. The molecule has 0 fully saturated rings. The van der Waals surface area contributed by atoms with Gasteiger partial charge in [-0.05, 0) is 45.5 Å². The number of rotatable bonds is 7. The van der Waals surface area contributed by atoms with E-state index in [0.29, 0.717) is 12.1 Å². The van der Waals surface area contributed by atoms with E-state index in [0.717, 1.165) is 17.6 Å². The van der Waals surface area contributed by atoms with Gasteiger partial charge in [-0.25, -0.2) is 0 Å². The highest BCUT2D eigenvalue weighted by atomic mass is 79.9. The van der Waals surface area contributed by atoms with Gasteiger partial charge in [-0.2, -0.15) is 0 Å². The van der Waals surface area contributed by atoms with Gasteiger partial charge in [0.05, 0.1) is 6.61 Å². The van der Waals surface area contributed by atoms with Gasteiger partial charge < -0.3 is 15.0 Å². The first-order valence-electron chi connectivity index (χ1n) is 6.73. The fourth-order valence-corrected chi connectivity index (χ4v) is 2.79. The van der Waals surface area contributed by atoms with E-state index >= 15 is 0 Å². The number of methoxy groups -OCH3 is 1. The average Bonchev–Trinajstić information content (AvgIpc) is 2.38. The molecule has 1 aromatic carbocycles. The predicted octanol–water partition coefficient (Wildman–Crippen LogP) is 3.59. The first-order chi connectivity index (χ1) is 9.01. The Balaban J connectivity index is 2.96. The lowest BCUT2D eigenvalue weighted by molar-refractivity contribution is 0.204. The molecule has 4 heteroatoms. The first kappa shape index (κ1) is 16.5. The van der Waals surface area contributed by atoms with Crippen LogP contribution in [-0.2, 0) is 4.74 Å². The normalized spacial score (nSPS) is 12.8. The van der Waals surface area contributed by atoms with E-state index in [2.05, 4.69) is 65.1 Å². The molecular weight excluding hydrogens is 304 g/mol. The Morgan fingerprint density at radius 3 is 2.47 bits per heavy atom. The van der Waals surface area contributed by atoms with Gasteiger partial charge in [0.2, 0.25) is 0 Å². The molecule has 0 bridgehead atoms. The van der Waals surface area contributed by atoms with Gasteiger partial charge in [0.25, 0.3) is 0 Å². The van der Waals surface area contributed by atoms with Crippen LogP contribution in [0.1, 0.15) is 32.4 Å². The molecule has 108 valence electrons. The molecule has 0 aliphatic carbocycles. The van der Waals surface area contributed by atoms with Crippen molar-refractivity contribution in [3.05, 3.63) is 28.2 Å². The van der Waals surface area contributed by atoms with Crippen LogP contribution < -0.4 is 10.2 Å². The summed E-state index contributed by atoms with van der Waals surface area (Å²) in [6, 6.07) is 7.36. The lowest BCUT2D eigenvalue weighted by Gasteiger charge is -2.29. The molecule has 1 aromatic rings. The Morgan fingerprint density at radius 1 is 1.32 bits per heavy atom. The van der Waals surface area contributed by atoms with Crippen molar-refractivity contribution >= 4 is 21.6 Å². The van der Waals surface area contributed by atoms with E-state index < -0.39 is 0 Å². The van der Waals surface area contributed by atoms with Crippen molar-refractivity contribution in [2.75, 3.05) is 32.2 Å². The number of nitrogens with zero attached hydrogens (tertiary/aromatic N) is 1. The second-order valence-electron chi connectivity index (χ2n) is 5.00. The fraction of sp³-hybridized carbons (Fsp3) is 0.600. The van der Waals surface area contributed by atoms with Crippen LogP contribution in [0.25, 0.3) is 0 Å². The third kappa shape index (κ3) is 4.48. The van der Waals surface area contributed by atoms with Crippen molar-refractivity contribution in [3.8, 4) is 0 Å². The molecule has 1 unspecified atom stereocenters. The van der Waals surface area contributed by atoms with Crippen LogP contribution in [0.15, 0.2) is 22.7 Å². The van der Waals surface area contributed by atoms with Gasteiger partial charge in [0.1, 0.15) is 0 Å². The number of hydrogen-bond donors (Lipinski definition) is 1. The summed E-state index contributed by atoms with van der Waals surface area (Å²) in [6.07, 6.45) is 0. The molecule has 0 aliphatic heterocycles. The quantitative estimate of drug-likeness (QED) is 0.827. The molecule has 1 atom stereocenters. The highest BCUT2D eigenvalue weighted by Crippen LogP contribution is 2.29. The zero-order valence-corrected chi connectivity index (χ0v) is 14.1. The summed E-state index contributed by atoms with van der Waals surface area (Å²) in [7, 11) is 3.72. The average molecular weight is 329 g/mol. The van der Waals surface area contributed by atoms with Gasteiger partial charge in [0.15, 0.2) is 0 Å². The van der Waals surface area contributed by atoms with Crippen molar-refractivity contribution in [3.63, 3.8) is 0 Å². The number of hydrogen-bond acceptors (Lipinski definition) is 3. The van der Waals surface area contributed by atoms with Crippen molar-refractivity contribution < 1.29 is 4.74 Å². The monoisotopic (exact) mass is 328 g/mol. The van der Waals surface area contributed by atoms with Crippen LogP contribution >= 0.6 is 15.9 Å². The summed E-state index contributed by atoms with van der Waals surface area (Å²) in [6.45, 7) is 8.21. The number of ether oxygens (including phenoxy) is 1. The number of nitrogens with one attached hydrogen (secondary N) is 1. The molecule has 0 aromatic heterocycles. The summed E-state index contributed by atoms with van der Waals surface area (Å²) in [5.74, 6) is 0. The largest absolute Gasteiger partial charge is 0.383 e. The van der Waals surface area contributed by atoms with Gasteiger partial charge in [-0.15, -0.1) is 0 Å². The van der Waals surface area contributed by atoms with Gasteiger partial charge >= 0.3 is 0 Å². The Kier molecular flexibility index (Phi) is 6.83. The molecule has 0 saturated carbocycles. The van der Waals surface area contributed by atoms with Crippen LogP contribution in [-0.4, -0.2) is 33.4 Å². The maximum atomic E-state index is 5.19. The van der Waals surface area contributed by atoms with E-state index in [9.17, 15) is 0 Å². The van der Waals surface area contributed by atoms with Crippen molar-refractivity contribution in [2.24, 2.45) is 0 Å². The first-order valence-corrected chi connectivity index (χ1v) is 7.52. The van der Waals surface area contributed by atoms with Crippen LogP contribution in [0, 0.1) is 0 Å². The molecule has 1 rings (SSSR count). The standard InChI is InChI=1S/C15H25BrN2O/c1-11(2)18(8-9-19-5)13-6-7-14(12(3)17-4)15(16)10-13/h6-7,10-12,17H,8-9H2,1-5H3. The van der Waals surface area contributed by atoms with E-state index in [1.807, 2.05) is 7.05 Å². The maximum absolute atomic E-state index is 5.19. The molecular formula is C15H25BrN2O. The maximum Gasteiger partial charge on any atom is 0.0637 e. The third-order valence-electron chi connectivity index (χ3n) is 3.37. The molecule has 3 nitrogen and oxygen atoms in total. The minimum absolute atomic E-state index is 0.343. The molecule has 0 spiro atoms.